The first-order chi connectivity index (χ1) is 10.5. The molecule has 118 valence electrons. The fourth-order valence-electron chi connectivity index (χ4n) is 2.34. The van der Waals surface area contributed by atoms with E-state index in [0.717, 1.165) is 5.69 Å². The third-order valence-corrected chi connectivity index (χ3v) is 3.48. The van der Waals surface area contributed by atoms with E-state index in [1.54, 1.807) is 13.0 Å². The number of carbonyl (C=O) groups is 1. The summed E-state index contributed by atoms with van der Waals surface area (Å²) in [7, 11) is 0. The van der Waals surface area contributed by atoms with E-state index in [1.807, 2.05) is 0 Å². The fourth-order valence-corrected chi connectivity index (χ4v) is 2.34. The van der Waals surface area contributed by atoms with Gasteiger partial charge < -0.3 is 15.2 Å². The molecule has 0 radical (unpaired) electrons. The van der Waals surface area contributed by atoms with Gasteiger partial charge in [0, 0.05) is 24.7 Å². The molecule has 1 aromatic heterocycles. The number of aromatic nitrogens is 1. The minimum Gasteiger partial charge on any atom is -0.384 e. The van der Waals surface area contributed by atoms with Gasteiger partial charge in [0.15, 0.2) is 5.82 Å². The molecule has 2 aromatic rings. The summed E-state index contributed by atoms with van der Waals surface area (Å²) in [5.74, 6) is 1.49. The van der Waals surface area contributed by atoms with Crippen molar-refractivity contribution in [3.8, 4) is 0 Å². The molecule has 22 heavy (non-hydrogen) atoms. The van der Waals surface area contributed by atoms with Crippen molar-refractivity contribution in [3.05, 3.63) is 41.2 Å². The lowest BCUT2D eigenvalue weighted by atomic mass is 9.98. The minimum absolute atomic E-state index is 0.0829. The normalized spacial score (nSPS) is 10.8. The third-order valence-electron chi connectivity index (χ3n) is 3.48. The number of hydrogen-bond acceptors (Lipinski definition) is 4. The maximum absolute atomic E-state index is 11.9. The van der Waals surface area contributed by atoms with Crippen LogP contribution in [0.25, 0.3) is 0 Å². The molecule has 1 amide bonds. The maximum atomic E-state index is 11.9. The summed E-state index contributed by atoms with van der Waals surface area (Å²) in [4.78, 5) is 11.9. The number of benzene rings is 1. The van der Waals surface area contributed by atoms with Crippen molar-refractivity contribution in [3.63, 3.8) is 0 Å². The highest BCUT2D eigenvalue weighted by Crippen LogP contribution is 2.27. The van der Waals surface area contributed by atoms with Gasteiger partial charge in [-0.1, -0.05) is 37.2 Å². The Labute approximate surface area is 131 Å². The minimum atomic E-state index is -0.0829. The second kappa shape index (κ2) is 7.11. The Morgan fingerprint density at radius 2 is 2.09 bits per heavy atom. The molecule has 0 atom stereocenters. The zero-order valence-electron chi connectivity index (χ0n) is 13.6. The van der Waals surface area contributed by atoms with Gasteiger partial charge in [-0.3, -0.25) is 4.79 Å². The van der Waals surface area contributed by atoms with E-state index < -0.39 is 0 Å². The highest BCUT2D eigenvalue weighted by molar-refractivity contribution is 5.90. The average Bonchev–Trinajstić information content (AvgIpc) is 2.85. The summed E-state index contributed by atoms with van der Waals surface area (Å²) in [6, 6.07) is 7.96. The highest BCUT2D eigenvalue weighted by atomic mass is 16.5. The van der Waals surface area contributed by atoms with Crippen molar-refractivity contribution >= 4 is 17.4 Å². The van der Waals surface area contributed by atoms with Crippen LogP contribution in [0.15, 0.2) is 28.8 Å². The maximum Gasteiger partial charge on any atom is 0.227 e. The summed E-state index contributed by atoms with van der Waals surface area (Å²) in [5.41, 5.74) is 3.59. The molecule has 0 saturated carbocycles. The van der Waals surface area contributed by atoms with Crippen molar-refractivity contribution in [1.82, 2.24) is 5.16 Å². The molecule has 5 nitrogen and oxygen atoms in total. The van der Waals surface area contributed by atoms with Crippen LogP contribution in [0.1, 0.15) is 43.1 Å². The van der Waals surface area contributed by atoms with Gasteiger partial charge >= 0.3 is 0 Å². The van der Waals surface area contributed by atoms with Crippen molar-refractivity contribution < 1.29 is 9.32 Å². The molecule has 0 aliphatic rings. The molecular formula is C17H23N3O2. The monoisotopic (exact) mass is 301 g/mol. The van der Waals surface area contributed by atoms with Crippen LogP contribution >= 0.6 is 0 Å². The largest absolute Gasteiger partial charge is 0.384 e. The topological polar surface area (TPSA) is 67.2 Å². The number of anilines is 2. The Hall–Kier alpha value is -2.30. The van der Waals surface area contributed by atoms with E-state index in [9.17, 15) is 4.79 Å². The van der Waals surface area contributed by atoms with Crippen LogP contribution in [0.5, 0.6) is 0 Å². The van der Waals surface area contributed by atoms with E-state index in [-0.39, 0.29) is 5.91 Å². The van der Waals surface area contributed by atoms with Gasteiger partial charge in [0.05, 0.1) is 0 Å². The van der Waals surface area contributed by atoms with Crippen LogP contribution in [-0.2, 0) is 4.79 Å². The number of amides is 1. The zero-order chi connectivity index (χ0) is 16.1. The van der Waals surface area contributed by atoms with Crippen LogP contribution in [0.3, 0.4) is 0 Å². The van der Waals surface area contributed by atoms with Crippen molar-refractivity contribution in [2.24, 2.45) is 0 Å². The Morgan fingerprint density at radius 1 is 1.32 bits per heavy atom. The lowest BCUT2D eigenvalue weighted by Gasteiger charge is -2.17. The lowest BCUT2D eigenvalue weighted by Crippen LogP contribution is -2.17. The van der Waals surface area contributed by atoms with Crippen LogP contribution in [0.2, 0.25) is 0 Å². The molecule has 2 N–H and O–H groups in total. The van der Waals surface area contributed by atoms with Crippen molar-refractivity contribution in [2.75, 3.05) is 17.2 Å². The molecule has 0 unspecified atom stereocenters. The van der Waals surface area contributed by atoms with Crippen molar-refractivity contribution in [2.45, 2.75) is 40.0 Å². The van der Waals surface area contributed by atoms with Gasteiger partial charge in [0.1, 0.15) is 5.76 Å². The first-order valence-corrected chi connectivity index (χ1v) is 7.54. The number of carbonyl (C=O) groups excluding carboxylic acids is 1. The second-order valence-electron chi connectivity index (χ2n) is 5.74. The highest BCUT2D eigenvalue weighted by Gasteiger charge is 2.10. The number of nitrogens with one attached hydrogen (secondary N) is 2. The predicted octanol–water partition coefficient (Wildman–Crippen LogP) is 3.86. The summed E-state index contributed by atoms with van der Waals surface area (Å²) in [6.07, 6.45) is 0.373. The SMILES string of the molecule is Cc1cc(NC(=O)CCNc2c(C)cccc2C(C)C)no1. The molecule has 0 bridgehead atoms. The molecule has 0 fully saturated rings. The quantitative estimate of drug-likeness (QED) is 0.850. The summed E-state index contributed by atoms with van der Waals surface area (Å²) in [6.45, 7) is 8.77. The summed E-state index contributed by atoms with van der Waals surface area (Å²) >= 11 is 0. The predicted molar refractivity (Wildman–Crippen MR) is 88.2 cm³/mol. The zero-order valence-corrected chi connectivity index (χ0v) is 13.6. The number of hydrogen-bond donors (Lipinski definition) is 2. The Bertz CT molecular complexity index is 647. The molecule has 1 heterocycles. The van der Waals surface area contributed by atoms with E-state index in [1.165, 1.54) is 11.1 Å². The molecule has 2 rings (SSSR count). The summed E-state index contributed by atoms with van der Waals surface area (Å²) < 4.78 is 4.92. The Balaban J connectivity index is 1.90. The smallest absolute Gasteiger partial charge is 0.227 e. The molecule has 1 aromatic carbocycles. The van der Waals surface area contributed by atoms with E-state index in [0.29, 0.717) is 30.5 Å². The van der Waals surface area contributed by atoms with Crippen LogP contribution in [0.4, 0.5) is 11.5 Å². The van der Waals surface area contributed by atoms with Crippen LogP contribution in [0, 0.1) is 13.8 Å². The first-order valence-electron chi connectivity index (χ1n) is 7.54. The van der Waals surface area contributed by atoms with Crippen LogP contribution < -0.4 is 10.6 Å². The van der Waals surface area contributed by atoms with Gasteiger partial charge in [-0.15, -0.1) is 0 Å². The number of para-hydroxylation sites is 1. The fraction of sp³-hybridized carbons (Fsp3) is 0.412. The number of nitrogens with zero attached hydrogens (tertiary/aromatic N) is 1. The Kier molecular flexibility index (Phi) is 5.20. The van der Waals surface area contributed by atoms with Gasteiger partial charge in [-0.2, -0.15) is 0 Å². The van der Waals surface area contributed by atoms with Gasteiger partial charge in [0.25, 0.3) is 0 Å². The van der Waals surface area contributed by atoms with Crippen LogP contribution in [-0.4, -0.2) is 17.6 Å². The van der Waals surface area contributed by atoms with Crippen molar-refractivity contribution in [1.29, 1.82) is 0 Å². The molecule has 0 aliphatic heterocycles. The van der Waals surface area contributed by atoms with E-state index in [2.05, 4.69) is 54.8 Å². The Morgan fingerprint density at radius 3 is 2.73 bits per heavy atom. The average molecular weight is 301 g/mol. The molecule has 5 heteroatoms. The van der Waals surface area contributed by atoms with E-state index in [4.69, 9.17) is 4.52 Å². The van der Waals surface area contributed by atoms with E-state index >= 15 is 0 Å². The van der Waals surface area contributed by atoms with Gasteiger partial charge in [0.2, 0.25) is 5.91 Å². The molecular weight excluding hydrogens is 278 g/mol. The molecule has 0 aliphatic carbocycles. The van der Waals surface area contributed by atoms with Gasteiger partial charge in [-0.25, -0.2) is 0 Å². The lowest BCUT2D eigenvalue weighted by molar-refractivity contribution is -0.116. The molecule has 0 saturated heterocycles. The first kappa shape index (κ1) is 16.1. The standard InChI is InChI=1S/C17H23N3O2/c1-11(2)14-7-5-6-12(3)17(14)18-9-8-16(21)19-15-10-13(4)22-20-15/h5-7,10-11,18H,8-9H2,1-4H3,(H,19,20,21). The van der Waals surface area contributed by atoms with Gasteiger partial charge in [-0.05, 0) is 30.9 Å². The number of rotatable bonds is 6. The second-order valence-corrected chi connectivity index (χ2v) is 5.74. The third kappa shape index (κ3) is 4.10. The number of aryl methyl sites for hydroxylation is 2. The molecule has 0 spiro atoms. The summed E-state index contributed by atoms with van der Waals surface area (Å²) in [5, 5.41) is 9.84.